The molecule has 1 aromatic carbocycles. The summed E-state index contributed by atoms with van der Waals surface area (Å²) in [6.45, 7) is 7.55. The lowest BCUT2D eigenvalue weighted by Gasteiger charge is -2.35. The molecule has 4 aliphatic heterocycles. The summed E-state index contributed by atoms with van der Waals surface area (Å²) in [5.74, 6) is 0.597. The number of benzene rings is 1. The van der Waals surface area contributed by atoms with Gasteiger partial charge in [0, 0.05) is 63.7 Å². The zero-order valence-electron chi connectivity index (χ0n) is 16.8. The Hall–Kier alpha value is -2.12. The third-order valence-corrected chi connectivity index (χ3v) is 6.30. The van der Waals surface area contributed by atoms with Crippen LogP contribution in [0.15, 0.2) is 18.2 Å². The second kappa shape index (κ2) is 8.09. The van der Waals surface area contributed by atoms with E-state index in [1.54, 1.807) is 12.0 Å². The summed E-state index contributed by atoms with van der Waals surface area (Å²) in [5.41, 5.74) is 2.51. The van der Waals surface area contributed by atoms with Crippen LogP contribution in [-0.4, -0.2) is 80.8 Å². The monoisotopic (exact) mass is 386 g/mol. The number of hydrogen-bond acceptors (Lipinski definition) is 4. The minimum absolute atomic E-state index is 0.0753. The molecule has 7 heteroatoms. The number of amides is 3. The molecule has 0 radical (unpaired) electrons. The number of carbonyl (C=O) groups excluding carboxylic acids is 2. The number of aryl methyl sites for hydroxylation is 1. The predicted molar refractivity (Wildman–Crippen MR) is 108 cm³/mol. The van der Waals surface area contributed by atoms with E-state index >= 15 is 0 Å². The molecule has 0 unspecified atom stereocenters. The van der Waals surface area contributed by atoms with Gasteiger partial charge in [0.25, 0.3) is 5.91 Å². The van der Waals surface area contributed by atoms with Gasteiger partial charge in [-0.05, 0) is 43.4 Å². The Morgan fingerprint density at radius 3 is 2.86 bits per heavy atom. The molecule has 4 heterocycles. The molecular formula is C21H30N4O3. The number of hydrogen-bond donors (Lipinski definition) is 1. The highest BCUT2D eigenvalue weighted by Crippen LogP contribution is 2.30. The van der Waals surface area contributed by atoms with Crippen molar-refractivity contribution in [2.75, 3.05) is 57.9 Å². The maximum atomic E-state index is 13.3. The van der Waals surface area contributed by atoms with E-state index < -0.39 is 0 Å². The largest absolute Gasteiger partial charge is 0.383 e. The van der Waals surface area contributed by atoms with Gasteiger partial charge in [-0.1, -0.05) is 6.07 Å². The number of rotatable bonds is 5. The van der Waals surface area contributed by atoms with Gasteiger partial charge in [0.15, 0.2) is 0 Å². The van der Waals surface area contributed by atoms with Crippen molar-refractivity contribution in [1.82, 2.24) is 15.1 Å². The Balaban J connectivity index is 1.52. The second-order valence-electron chi connectivity index (χ2n) is 8.18. The molecule has 1 aromatic rings. The highest BCUT2D eigenvalue weighted by Gasteiger charge is 2.36. The Labute approximate surface area is 166 Å². The molecule has 4 fully saturated rings. The van der Waals surface area contributed by atoms with E-state index in [-0.39, 0.29) is 11.9 Å². The Bertz CT molecular complexity index is 753. The quantitative estimate of drug-likeness (QED) is 0.837. The van der Waals surface area contributed by atoms with Gasteiger partial charge in [-0.2, -0.15) is 0 Å². The Kier molecular flexibility index (Phi) is 5.55. The van der Waals surface area contributed by atoms with E-state index in [9.17, 15) is 9.59 Å². The third-order valence-electron chi connectivity index (χ3n) is 6.30. The summed E-state index contributed by atoms with van der Waals surface area (Å²) in [6.07, 6.45) is 2.33. The molecule has 28 heavy (non-hydrogen) atoms. The van der Waals surface area contributed by atoms with Crippen LogP contribution in [0.3, 0.4) is 0 Å². The van der Waals surface area contributed by atoms with Crippen LogP contribution in [0.1, 0.15) is 28.8 Å². The first-order chi connectivity index (χ1) is 13.6. The smallest absolute Gasteiger partial charge is 0.322 e. The third kappa shape index (κ3) is 3.73. The number of piperidine rings is 1. The van der Waals surface area contributed by atoms with E-state index in [2.05, 4.69) is 10.2 Å². The van der Waals surface area contributed by atoms with Gasteiger partial charge in [0.2, 0.25) is 0 Å². The van der Waals surface area contributed by atoms with Crippen LogP contribution >= 0.6 is 0 Å². The van der Waals surface area contributed by atoms with E-state index in [1.807, 2.05) is 30.0 Å². The zero-order valence-corrected chi connectivity index (χ0v) is 16.8. The van der Waals surface area contributed by atoms with Crippen molar-refractivity contribution in [2.45, 2.75) is 25.8 Å². The molecule has 0 aliphatic carbocycles. The standard InChI is InChI=1S/C21H30N4O3/c1-15-3-5-17(11-19(15)25-8-7-22-21(25)27)20(26)24-13-16-4-6-18(14-24)23(12-16)9-10-28-2/h3,5,11,16,18H,4,6-10,12-14H2,1-2H3,(H,22,27)/t16-,18-/m0/s1. The minimum atomic E-state index is -0.0886. The van der Waals surface area contributed by atoms with E-state index in [0.717, 1.165) is 50.5 Å². The summed E-state index contributed by atoms with van der Waals surface area (Å²) >= 11 is 0. The van der Waals surface area contributed by atoms with Gasteiger partial charge >= 0.3 is 6.03 Å². The zero-order chi connectivity index (χ0) is 19.7. The average Bonchev–Trinajstić information content (AvgIpc) is 2.92. The first kappa shape index (κ1) is 19.2. The summed E-state index contributed by atoms with van der Waals surface area (Å²) in [5, 5.41) is 2.83. The minimum Gasteiger partial charge on any atom is -0.383 e. The second-order valence-corrected chi connectivity index (χ2v) is 8.18. The van der Waals surface area contributed by atoms with Crippen molar-refractivity contribution < 1.29 is 14.3 Å². The lowest BCUT2D eigenvalue weighted by Crippen LogP contribution is -2.45. The van der Waals surface area contributed by atoms with E-state index in [4.69, 9.17) is 4.74 Å². The lowest BCUT2D eigenvalue weighted by atomic mass is 9.95. The number of urea groups is 1. The van der Waals surface area contributed by atoms with Gasteiger partial charge in [0.1, 0.15) is 0 Å². The SMILES string of the molecule is COCCN1C[C@@H]2CC[C@H]1CN(C(=O)c1ccc(C)c(N3CCNC3=O)c1)C2. The van der Waals surface area contributed by atoms with Crippen molar-refractivity contribution in [3.8, 4) is 0 Å². The molecule has 2 bridgehead atoms. The molecule has 4 aliphatic rings. The molecule has 1 N–H and O–H groups in total. The van der Waals surface area contributed by atoms with Crippen molar-refractivity contribution in [3.63, 3.8) is 0 Å². The molecular weight excluding hydrogens is 356 g/mol. The first-order valence-corrected chi connectivity index (χ1v) is 10.2. The number of nitrogens with zero attached hydrogens (tertiary/aromatic N) is 3. The molecule has 0 aromatic heterocycles. The lowest BCUT2D eigenvalue weighted by molar-refractivity contribution is 0.0717. The van der Waals surface area contributed by atoms with E-state index in [0.29, 0.717) is 30.6 Å². The van der Waals surface area contributed by atoms with Gasteiger partial charge in [0.05, 0.1) is 6.61 Å². The molecule has 2 atom stereocenters. The highest BCUT2D eigenvalue weighted by atomic mass is 16.5. The summed E-state index contributed by atoms with van der Waals surface area (Å²) in [4.78, 5) is 31.6. The van der Waals surface area contributed by atoms with Crippen LogP contribution in [0, 0.1) is 12.8 Å². The highest BCUT2D eigenvalue weighted by molar-refractivity contribution is 5.99. The van der Waals surface area contributed by atoms with Crippen molar-refractivity contribution in [3.05, 3.63) is 29.3 Å². The fraction of sp³-hybridized carbons (Fsp3) is 0.619. The number of nitrogens with one attached hydrogen (secondary N) is 1. The summed E-state index contributed by atoms with van der Waals surface area (Å²) < 4.78 is 5.26. The van der Waals surface area contributed by atoms with Crippen molar-refractivity contribution in [1.29, 1.82) is 0 Å². The summed E-state index contributed by atoms with van der Waals surface area (Å²) in [6, 6.07) is 6.05. The van der Waals surface area contributed by atoms with Crippen LogP contribution in [0.2, 0.25) is 0 Å². The average molecular weight is 386 g/mol. The molecule has 0 spiro atoms. The normalized spacial score (nSPS) is 25.1. The molecule has 7 nitrogen and oxygen atoms in total. The fourth-order valence-electron chi connectivity index (χ4n) is 4.74. The Morgan fingerprint density at radius 2 is 2.11 bits per heavy atom. The number of ether oxygens (including phenoxy) is 1. The van der Waals surface area contributed by atoms with Gasteiger partial charge in [-0.3, -0.25) is 14.6 Å². The van der Waals surface area contributed by atoms with Crippen LogP contribution in [-0.2, 0) is 4.74 Å². The fourth-order valence-corrected chi connectivity index (χ4v) is 4.74. The van der Waals surface area contributed by atoms with E-state index in [1.165, 1.54) is 6.42 Å². The number of anilines is 1. The predicted octanol–water partition coefficient (Wildman–Crippen LogP) is 1.71. The molecule has 152 valence electrons. The Morgan fingerprint density at radius 1 is 1.25 bits per heavy atom. The van der Waals surface area contributed by atoms with Gasteiger partial charge in [-0.25, -0.2) is 4.79 Å². The molecule has 3 amide bonds. The molecule has 0 saturated carbocycles. The van der Waals surface area contributed by atoms with Crippen LogP contribution in [0.4, 0.5) is 10.5 Å². The van der Waals surface area contributed by atoms with Crippen LogP contribution < -0.4 is 10.2 Å². The molecule has 4 saturated heterocycles. The van der Waals surface area contributed by atoms with Crippen LogP contribution in [0.25, 0.3) is 0 Å². The van der Waals surface area contributed by atoms with Gasteiger partial charge in [-0.15, -0.1) is 0 Å². The number of fused-ring (bicyclic) bond motifs is 4. The number of methoxy groups -OCH3 is 1. The molecule has 5 rings (SSSR count). The van der Waals surface area contributed by atoms with Crippen LogP contribution in [0.5, 0.6) is 0 Å². The van der Waals surface area contributed by atoms with Crippen molar-refractivity contribution >= 4 is 17.6 Å². The first-order valence-electron chi connectivity index (χ1n) is 10.2. The summed E-state index contributed by atoms with van der Waals surface area (Å²) in [7, 11) is 1.74. The van der Waals surface area contributed by atoms with Crippen molar-refractivity contribution in [2.24, 2.45) is 5.92 Å². The maximum Gasteiger partial charge on any atom is 0.322 e. The van der Waals surface area contributed by atoms with Gasteiger partial charge < -0.3 is 15.0 Å². The topological polar surface area (TPSA) is 65.1 Å². The maximum absolute atomic E-state index is 13.3. The number of carbonyl (C=O) groups is 2.